The molecule has 0 amide bonds. The van der Waals surface area contributed by atoms with Crippen LogP contribution in [0.4, 0.5) is 0 Å². The Balaban J connectivity index is 1.84. The highest BCUT2D eigenvalue weighted by molar-refractivity contribution is 6.21. The summed E-state index contributed by atoms with van der Waals surface area (Å²) in [7, 11) is 1.31. The molecule has 0 heterocycles. The van der Waals surface area contributed by atoms with Crippen LogP contribution in [0.3, 0.4) is 0 Å². The van der Waals surface area contributed by atoms with Gasteiger partial charge in [0.05, 0.1) is 13.2 Å². The fourth-order valence-electron chi connectivity index (χ4n) is 7.66. The summed E-state index contributed by atoms with van der Waals surface area (Å²) in [5, 5.41) is 11.3. The van der Waals surface area contributed by atoms with E-state index in [-0.39, 0.29) is 47.7 Å². The zero-order valence-electron chi connectivity index (χ0n) is 19.4. The Labute approximate surface area is 194 Å². The molecule has 0 aromatic carbocycles. The van der Waals surface area contributed by atoms with Gasteiger partial charge in [0.1, 0.15) is 0 Å². The fourth-order valence-corrected chi connectivity index (χ4v) is 8.16. The van der Waals surface area contributed by atoms with Crippen LogP contribution in [0, 0.1) is 34.5 Å². The zero-order valence-corrected chi connectivity index (χ0v) is 20.1. The average Bonchev–Trinajstić information content (AvgIpc) is 2.95. The maximum atomic E-state index is 13.3. The van der Waals surface area contributed by atoms with Crippen molar-refractivity contribution in [1.29, 1.82) is 0 Å². The molecule has 0 spiro atoms. The number of carbonyl (C=O) groups excluding carboxylic acids is 3. The summed E-state index contributed by atoms with van der Waals surface area (Å²) in [5.41, 5.74) is -1.83. The Bertz CT molecular complexity index is 910. The topological polar surface area (TPSA) is 89.9 Å². The number of halogens is 1. The van der Waals surface area contributed by atoms with Gasteiger partial charge < -0.3 is 14.6 Å². The lowest BCUT2D eigenvalue weighted by molar-refractivity contribution is -0.216. The molecule has 32 heavy (non-hydrogen) atoms. The number of rotatable bonds is 3. The summed E-state index contributed by atoms with van der Waals surface area (Å²) in [6.07, 6.45) is 5.97. The molecule has 176 valence electrons. The van der Waals surface area contributed by atoms with Gasteiger partial charge in [-0.05, 0) is 43.3 Å². The van der Waals surface area contributed by atoms with Crippen molar-refractivity contribution in [3.05, 3.63) is 23.8 Å². The van der Waals surface area contributed by atoms with E-state index in [2.05, 4.69) is 6.92 Å². The second kappa shape index (κ2) is 7.69. The molecule has 0 aromatic rings. The molecule has 0 radical (unpaired) electrons. The van der Waals surface area contributed by atoms with E-state index in [0.29, 0.717) is 12.8 Å². The number of aliphatic hydroxyl groups excluding tert-OH is 1. The normalized spacial score (nSPS) is 47.1. The zero-order chi connectivity index (χ0) is 23.6. The fraction of sp³-hybridized carbons (Fsp3) is 0.720. The van der Waals surface area contributed by atoms with Crippen LogP contribution in [0.25, 0.3) is 0 Å². The predicted molar refractivity (Wildman–Crippen MR) is 119 cm³/mol. The smallest absolute Gasteiger partial charge is 0.351 e. The lowest BCUT2D eigenvalue weighted by atomic mass is 9.46. The van der Waals surface area contributed by atoms with Crippen molar-refractivity contribution in [2.24, 2.45) is 34.5 Å². The highest BCUT2D eigenvalue weighted by Gasteiger charge is 2.74. The Morgan fingerprint density at radius 1 is 1.31 bits per heavy atom. The van der Waals surface area contributed by atoms with Gasteiger partial charge in [-0.2, -0.15) is 0 Å². The summed E-state index contributed by atoms with van der Waals surface area (Å²) in [4.78, 5) is 37.8. The molecule has 9 atom stereocenters. The van der Waals surface area contributed by atoms with Crippen LogP contribution in [-0.2, 0) is 23.9 Å². The van der Waals surface area contributed by atoms with E-state index in [1.54, 1.807) is 19.1 Å². The summed E-state index contributed by atoms with van der Waals surface area (Å²) >= 11 is 6.99. The minimum Gasteiger partial charge on any atom is -0.466 e. The number of hydrogen-bond acceptors (Lipinski definition) is 6. The molecule has 0 aliphatic heterocycles. The maximum absolute atomic E-state index is 13.3. The van der Waals surface area contributed by atoms with Crippen LogP contribution in [0.2, 0.25) is 0 Å². The SMILES string of the molecule is CCC(=O)O[C@@]1(C(=O)OC)[C@@H](C)C[C@H]2[C@H]3[C@H]([C@@H](O)C[C@@]21C)[C@@]1(C)C=CC(=O)C=C1C[C@H]3Cl. The number of methoxy groups -OCH3 is 1. The largest absolute Gasteiger partial charge is 0.466 e. The van der Waals surface area contributed by atoms with E-state index in [4.69, 9.17) is 21.1 Å². The molecule has 7 heteroatoms. The number of carbonyl (C=O) groups is 3. The van der Waals surface area contributed by atoms with Crippen molar-refractivity contribution < 1.29 is 29.0 Å². The third-order valence-corrected chi connectivity index (χ3v) is 9.52. The minimum absolute atomic E-state index is 0.0541. The third-order valence-electron chi connectivity index (χ3n) is 9.07. The van der Waals surface area contributed by atoms with E-state index in [1.165, 1.54) is 7.11 Å². The van der Waals surface area contributed by atoms with E-state index >= 15 is 0 Å². The first-order valence-corrected chi connectivity index (χ1v) is 12.0. The monoisotopic (exact) mass is 464 g/mol. The molecular weight excluding hydrogens is 432 g/mol. The van der Waals surface area contributed by atoms with Gasteiger partial charge in [-0.1, -0.05) is 39.3 Å². The first-order chi connectivity index (χ1) is 15.0. The summed E-state index contributed by atoms with van der Waals surface area (Å²) < 4.78 is 11.2. The number of ether oxygens (including phenoxy) is 2. The number of allylic oxidation sites excluding steroid dienone is 4. The summed E-state index contributed by atoms with van der Waals surface area (Å²) in [6.45, 7) is 7.62. The molecule has 3 saturated carbocycles. The van der Waals surface area contributed by atoms with Crippen LogP contribution in [-0.4, -0.2) is 47.0 Å². The molecule has 0 saturated heterocycles. The molecule has 0 aromatic heterocycles. The van der Waals surface area contributed by atoms with Gasteiger partial charge in [0.15, 0.2) is 5.78 Å². The Kier molecular flexibility index (Phi) is 5.65. The highest BCUT2D eigenvalue weighted by Crippen LogP contribution is 2.69. The van der Waals surface area contributed by atoms with Crippen LogP contribution in [0.1, 0.15) is 53.4 Å². The molecule has 1 N–H and O–H groups in total. The van der Waals surface area contributed by atoms with Gasteiger partial charge in [0.2, 0.25) is 5.60 Å². The molecule has 4 rings (SSSR count). The molecule has 0 unspecified atom stereocenters. The van der Waals surface area contributed by atoms with Crippen molar-refractivity contribution in [2.75, 3.05) is 7.11 Å². The second-order valence-corrected chi connectivity index (χ2v) is 11.1. The first-order valence-electron chi connectivity index (χ1n) is 11.5. The lowest BCUT2D eigenvalue weighted by Crippen LogP contribution is -2.65. The van der Waals surface area contributed by atoms with Gasteiger partial charge >= 0.3 is 11.9 Å². The standard InChI is InChI=1S/C25H33ClO6/c1-6-19(29)32-25(22(30)31-5)13(2)9-16-20-17(26)11-14-10-15(27)7-8-23(14,3)21(20)18(28)12-24(16,25)4/h7-8,10,13,16-18,20-21,28H,6,9,11-12H2,1-5H3/t13-,16-,17+,18-,20+,21-,23-,24-,25+/m0/s1. The second-order valence-electron chi connectivity index (χ2n) is 10.5. The summed E-state index contributed by atoms with van der Waals surface area (Å²) in [6, 6.07) is 0. The Morgan fingerprint density at radius 3 is 2.62 bits per heavy atom. The van der Waals surface area contributed by atoms with Crippen LogP contribution in [0.5, 0.6) is 0 Å². The average molecular weight is 465 g/mol. The molecule has 0 bridgehead atoms. The third kappa shape index (κ3) is 2.91. The molecule has 4 aliphatic rings. The van der Waals surface area contributed by atoms with Crippen LogP contribution >= 0.6 is 11.6 Å². The van der Waals surface area contributed by atoms with Gasteiger partial charge in [-0.15, -0.1) is 11.6 Å². The number of esters is 2. The number of hydrogen-bond donors (Lipinski definition) is 1. The van der Waals surface area contributed by atoms with E-state index in [9.17, 15) is 19.5 Å². The maximum Gasteiger partial charge on any atom is 0.351 e. The first kappa shape index (κ1) is 23.5. The molecule has 6 nitrogen and oxygen atoms in total. The number of ketones is 1. The van der Waals surface area contributed by atoms with Gasteiger partial charge in [0, 0.05) is 34.5 Å². The van der Waals surface area contributed by atoms with Gasteiger partial charge in [0.25, 0.3) is 0 Å². The number of alkyl halides is 1. The molecule has 3 fully saturated rings. The molecular formula is C25H33ClO6. The van der Waals surface area contributed by atoms with Crippen molar-refractivity contribution in [2.45, 2.75) is 70.5 Å². The van der Waals surface area contributed by atoms with E-state index < -0.39 is 34.5 Å². The van der Waals surface area contributed by atoms with E-state index in [0.717, 1.165) is 5.57 Å². The van der Waals surface area contributed by atoms with E-state index in [1.807, 2.05) is 19.9 Å². The van der Waals surface area contributed by atoms with Crippen molar-refractivity contribution in [3.63, 3.8) is 0 Å². The molecule has 4 aliphatic carbocycles. The van der Waals surface area contributed by atoms with Gasteiger partial charge in [-0.25, -0.2) is 4.79 Å². The highest BCUT2D eigenvalue weighted by atomic mass is 35.5. The lowest BCUT2D eigenvalue weighted by Gasteiger charge is -2.60. The number of aliphatic hydroxyl groups is 1. The van der Waals surface area contributed by atoms with Crippen LogP contribution in [0.15, 0.2) is 23.8 Å². The van der Waals surface area contributed by atoms with Crippen LogP contribution < -0.4 is 0 Å². The van der Waals surface area contributed by atoms with Crippen molar-refractivity contribution in [3.8, 4) is 0 Å². The van der Waals surface area contributed by atoms with Gasteiger partial charge in [-0.3, -0.25) is 9.59 Å². The summed E-state index contributed by atoms with van der Waals surface area (Å²) in [5.74, 6) is -1.74. The number of fused-ring (bicyclic) bond motifs is 5. The van der Waals surface area contributed by atoms with Crippen molar-refractivity contribution in [1.82, 2.24) is 0 Å². The minimum atomic E-state index is -1.47. The Morgan fingerprint density at radius 2 is 2.00 bits per heavy atom. The Hall–Kier alpha value is -1.66. The van der Waals surface area contributed by atoms with Crippen molar-refractivity contribution >= 4 is 29.3 Å². The quantitative estimate of drug-likeness (QED) is 0.507. The predicted octanol–water partition coefficient (Wildman–Crippen LogP) is 3.59.